The number of hydrogen-bond donors (Lipinski definition) is 2. The average Bonchev–Trinajstić information content (AvgIpc) is 2.67. The van der Waals surface area contributed by atoms with Crippen LogP contribution in [-0.4, -0.2) is 25.0 Å². The van der Waals surface area contributed by atoms with Gasteiger partial charge in [0.05, 0.1) is 5.70 Å². The van der Waals surface area contributed by atoms with E-state index in [-0.39, 0.29) is 11.4 Å². The molecule has 2 heterocycles. The molecule has 0 radical (unpaired) electrons. The van der Waals surface area contributed by atoms with Crippen LogP contribution in [0.2, 0.25) is 0 Å². The first-order valence-electron chi connectivity index (χ1n) is 4.02. The zero-order chi connectivity index (χ0) is 11.8. The highest BCUT2D eigenvalue weighted by Crippen LogP contribution is 2.18. The minimum Gasteiger partial charge on any atom is -0.364 e. The number of nitrogens with zero attached hydrogens (tertiary/aromatic N) is 2. The third-order valence-corrected chi connectivity index (χ3v) is 3.37. The molecule has 0 fully saturated rings. The molecule has 16 heavy (non-hydrogen) atoms. The van der Waals surface area contributed by atoms with E-state index in [2.05, 4.69) is 14.1 Å². The molecule has 0 spiro atoms. The van der Waals surface area contributed by atoms with Gasteiger partial charge in [-0.1, -0.05) is 0 Å². The molecule has 0 aromatic carbocycles. The van der Waals surface area contributed by atoms with Crippen LogP contribution in [0.5, 0.6) is 0 Å². The summed E-state index contributed by atoms with van der Waals surface area (Å²) in [5.41, 5.74) is 4.86. The summed E-state index contributed by atoms with van der Waals surface area (Å²) in [4.78, 5) is 14.8. The van der Waals surface area contributed by atoms with E-state index in [1.807, 2.05) is 0 Å². The molecule has 9 heteroatoms. The van der Waals surface area contributed by atoms with Gasteiger partial charge in [0, 0.05) is 11.6 Å². The lowest BCUT2D eigenvalue weighted by atomic mass is 10.3. The summed E-state index contributed by atoms with van der Waals surface area (Å²) in [5.74, 6) is -0.904. The maximum absolute atomic E-state index is 11.3. The molecule has 1 amide bonds. The van der Waals surface area contributed by atoms with Gasteiger partial charge in [0.25, 0.3) is 5.91 Å². The molecule has 2 rings (SSSR count). The van der Waals surface area contributed by atoms with Crippen molar-refractivity contribution >= 4 is 38.9 Å². The highest BCUT2D eigenvalue weighted by atomic mass is 32.2. The van der Waals surface area contributed by atoms with Crippen molar-refractivity contribution in [2.45, 2.75) is 0 Å². The van der Waals surface area contributed by atoms with Gasteiger partial charge in [-0.3, -0.25) is 9.52 Å². The molecule has 1 aliphatic heterocycles. The minimum atomic E-state index is -3.92. The van der Waals surface area contributed by atoms with Gasteiger partial charge in [-0.25, -0.2) is 4.98 Å². The topological polar surface area (TPSA) is 115 Å². The lowest BCUT2D eigenvalue weighted by Crippen LogP contribution is -2.31. The van der Waals surface area contributed by atoms with Crippen molar-refractivity contribution in [1.29, 1.82) is 0 Å². The number of nitrogens with one attached hydrogen (secondary N) is 1. The Morgan fingerprint density at radius 1 is 1.50 bits per heavy atom. The summed E-state index contributed by atoms with van der Waals surface area (Å²) in [5, 5.41) is 2.12. The van der Waals surface area contributed by atoms with Crippen LogP contribution < -0.4 is 10.5 Å². The van der Waals surface area contributed by atoms with Gasteiger partial charge < -0.3 is 5.73 Å². The number of rotatable bonds is 2. The van der Waals surface area contributed by atoms with E-state index < -0.39 is 16.1 Å². The van der Waals surface area contributed by atoms with Crippen molar-refractivity contribution in [3.05, 3.63) is 22.7 Å². The standard InChI is InChI=1S/C7H6N4O3S2/c8-6(12)4-3-5(7-9-1-2-15-7)11-16(13,14)10-4/h1-3,11H,(H2,8,12). The Bertz CT molecular complexity index is 585. The molecular formula is C7H6N4O3S2. The first-order chi connectivity index (χ1) is 7.48. The minimum absolute atomic E-state index is 0.193. The molecule has 7 nitrogen and oxygen atoms in total. The first-order valence-corrected chi connectivity index (χ1v) is 6.34. The van der Waals surface area contributed by atoms with Gasteiger partial charge in [0.15, 0.2) is 0 Å². The molecule has 3 N–H and O–H groups in total. The number of carbonyl (C=O) groups is 1. The SMILES string of the molecule is NC(=O)C1=NS(=O)(=O)NC(c2nccs2)=C1. The van der Waals surface area contributed by atoms with Crippen molar-refractivity contribution in [3.8, 4) is 0 Å². The summed E-state index contributed by atoms with van der Waals surface area (Å²) in [6.45, 7) is 0. The number of hydrogen-bond acceptors (Lipinski definition) is 5. The molecule has 0 unspecified atom stereocenters. The number of amides is 1. The van der Waals surface area contributed by atoms with Gasteiger partial charge in [0.2, 0.25) is 0 Å². The second kappa shape index (κ2) is 3.68. The van der Waals surface area contributed by atoms with Crippen LogP contribution in [0.4, 0.5) is 0 Å². The van der Waals surface area contributed by atoms with Crippen molar-refractivity contribution in [2.75, 3.05) is 0 Å². The Kier molecular flexibility index (Phi) is 2.48. The van der Waals surface area contributed by atoms with Crippen LogP contribution in [0.25, 0.3) is 5.70 Å². The zero-order valence-corrected chi connectivity index (χ0v) is 9.38. The van der Waals surface area contributed by atoms with Crippen LogP contribution in [0, 0.1) is 0 Å². The Labute approximate surface area is 94.9 Å². The third kappa shape index (κ3) is 2.09. The van der Waals surface area contributed by atoms with E-state index in [0.717, 1.165) is 0 Å². The Morgan fingerprint density at radius 2 is 2.25 bits per heavy atom. The summed E-state index contributed by atoms with van der Waals surface area (Å²) in [6.07, 6.45) is 2.77. The number of thiazole rings is 1. The van der Waals surface area contributed by atoms with E-state index in [4.69, 9.17) is 5.73 Å². The smallest absolute Gasteiger partial charge is 0.343 e. The lowest BCUT2D eigenvalue weighted by molar-refractivity contribution is -0.111. The maximum Gasteiger partial charge on any atom is 0.343 e. The Balaban J connectivity index is 2.50. The normalized spacial score (nSPS) is 18.2. The fourth-order valence-corrected chi connectivity index (χ4v) is 2.62. The predicted octanol–water partition coefficient (Wildman–Crippen LogP) is -0.742. The van der Waals surface area contributed by atoms with Crippen LogP contribution in [0.15, 0.2) is 22.1 Å². The predicted molar refractivity (Wildman–Crippen MR) is 58.8 cm³/mol. The second-order valence-electron chi connectivity index (χ2n) is 2.81. The number of primary amides is 1. The van der Waals surface area contributed by atoms with E-state index >= 15 is 0 Å². The molecule has 0 aliphatic carbocycles. The Hall–Kier alpha value is -1.74. The molecule has 0 atom stereocenters. The monoisotopic (exact) mass is 258 g/mol. The highest BCUT2D eigenvalue weighted by molar-refractivity contribution is 7.88. The fourth-order valence-electron chi connectivity index (χ4n) is 1.06. The van der Waals surface area contributed by atoms with Gasteiger partial charge in [-0.05, 0) is 6.08 Å². The molecule has 0 bridgehead atoms. The molecule has 1 aromatic heterocycles. The summed E-state index contributed by atoms with van der Waals surface area (Å²) < 4.78 is 27.9. The number of aromatic nitrogens is 1. The molecule has 84 valence electrons. The van der Waals surface area contributed by atoms with E-state index in [9.17, 15) is 13.2 Å². The van der Waals surface area contributed by atoms with Gasteiger partial charge in [-0.15, -0.1) is 15.7 Å². The van der Waals surface area contributed by atoms with Crippen molar-refractivity contribution in [2.24, 2.45) is 10.1 Å². The van der Waals surface area contributed by atoms with Crippen LogP contribution in [-0.2, 0) is 15.0 Å². The summed E-state index contributed by atoms with van der Waals surface area (Å²) in [7, 11) is -3.92. The molecule has 0 saturated carbocycles. The number of carbonyl (C=O) groups excluding carboxylic acids is 1. The fraction of sp³-hybridized carbons (Fsp3) is 0. The van der Waals surface area contributed by atoms with Crippen molar-refractivity contribution in [3.63, 3.8) is 0 Å². The number of nitrogens with two attached hydrogens (primary N) is 1. The quantitative estimate of drug-likeness (QED) is 0.726. The molecular weight excluding hydrogens is 252 g/mol. The molecule has 1 aromatic rings. The van der Waals surface area contributed by atoms with Gasteiger partial charge in [0.1, 0.15) is 10.7 Å². The molecule has 0 saturated heterocycles. The highest BCUT2D eigenvalue weighted by Gasteiger charge is 2.22. The second-order valence-corrected chi connectivity index (χ2v) is 5.04. The average molecular weight is 258 g/mol. The third-order valence-electron chi connectivity index (χ3n) is 1.65. The maximum atomic E-state index is 11.3. The van der Waals surface area contributed by atoms with E-state index in [0.29, 0.717) is 5.01 Å². The summed E-state index contributed by atoms with van der Waals surface area (Å²) in [6, 6.07) is 0. The van der Waals surface area contributed by atoms with Gasteiger partial charge in [-0.2, -0.15) is 8.42 Å². The van der Waals surface area contributed by atoms with Crippen LogP contribution in [0.1, 0.15) is 5.01 Å². The summed E-state index contributed by atoms with van der Waals surface area (Å²) >= 11 is 1.23. The van der Waals surface area contributed by atoms with E-state index in [1.54, 1.807) is 5.38 Å². The Morgan fingerprint density at radius 3 is 2.81 bits per heavy atom. The lowest BCUT2D eigenvalue weighted by Gasteiger charge is -2.11. The van der Waals surface area contributed by atoms with Gasteiger partial charge >= 0.3 is 10.2 Å². The largest absolute Gasteiger partial charge is 0.364 e. The zero-order valence-electron chi connectivity index (χ0n) is 7.75. The van der Waals surface area contributed by atoms with Crippen molar-refractivity contribution in [1.82, 2.24) is 9.71 Å². The van der Waals surface area contributed by atoms with Crippen LogP contribution in [0.3, 0.4) is 0 Å². The van der Waals surface area contributed by atoms with E-state index in [1.165, 1.54) is 23.6 Å². The first kappa shape index (κ1) is 10.8. The molecule has 1 aliphatic rings. The van der Waals surface area contributed by atoms with Crippen molar-refractivity contribution < 1.29 is 13.2 Å². The van der Waals surface area contributed by atoms with Crippen LogP contribution >= 0.6 is 11.3 Å².